The van der Waals surface area contributed by atoms with Crippen LogP contribution < -0.4 is 10.2 Å². The first-order valence-corrected chi connectivity index (χ1v) is 6.69. The fourth-order valence-corrected chi connectivity index (χ4v) is 1.96. The second-order valence-corrected chi connectivity index (χ2v) is 5.11. The highest BCUT2D eigenvalue weighted by Crippen LogP contribution is 2.17. The second-order valence-electron chi connectivity index (χ2n) is 5.11. The van der Waals surface area contributed by atoms with E-state index in [1.807, 2.05) is 4.90 Å². The quantitative estimate of drug-likeness (QED) is 0.753. The molecule has 108 valence electrons. The van der Waals surface area contributed by atoms with E-state index in [2.05, 4.69) is 29.4 Å². The van der Waals surface area contributed by atoms with Crippen molar-refractivity contribution in [2.75, 3.05) is 37.8 Å². The lowest BCUT2D eigenvalue weighted by Crippen LogP contribution is -2.47. The number of rotatable bonds is 6. The minimum atomic E-state index is -0.106. The molecule has 2 N–H and O–H groups in total. The van der Waals surface area contributed by atoms with E-state index >= 15 is 0 Å². The van der Waals surface area contributed by atoms with Gasteiger partial charge in [0, 0.05) is 6.54 Å². The summed E-state index contributed by atoms with van der Waals surface area (Å²) in [5.74, 6) is 1.15. The Kier molecular flexibility index (Phi) is 5.12. The molecule has 0 amide bonds. The Morgan fingerprint density at radius 1 is 1.47 bits per heavy atom. The highest BCUT2D eigenvalue weighted by atomic mass is 16.5. The molecule has 0 radical (unpaired) electrons. The van der Waals surface area contributed by atoms with Gasteiger partial charge in [-0.25, -0.2) is 0 Å². The smallest absolute Gasteiger partial charge is 0.318 e. The fraction of sp³-hybridized carbons (Fsp3) is 0.833. The fourth-order valence-electron chi connectivity index (χ4n) is 1.96. The molecule has 1 atom stereocenters. The van der Waals surface area contributed by atoms with Crippen molar-refractivity contribution in [1.29, 1.82) is 0 Å². The van der Waals surface area contributed by atoms with E-state index in [1.54, 1.807) is 0 Å². The zero-order valence-electron chi connectivity index (χ0n) is 11.5. The molecule has 0 saturated carbocycles. The maximum Gasteiger partial charge on any atom is 0.318 e. The van der Waals surface area contributed by atoms with Crippen LogP contribution in [0.5, 0.6) is 0 Å². The molecule has 19 heavy (non-hydrogen) atoms. The molecule has 1 aromatic rings. The van der Waals surface area contributed by atoms with Crippen LogP contribution in [0.1, 0.15) is 19.7 Å². The molecule has 1 aliphatic rings. The van der Waals surface area contributed by atoms with Gasteiger partial charge in [0.15, 0.2) is 0 Å². The van der Waals surface area contributed by atoms with Crippen molar-refractivity contribution >= 4 is 6.01 Å². The normalized spacial score (nSPS) is 20.2. The van der Waals surface area contributed by atoms with Crippen LogP contribution in [0.2, 0.25) is 0 Å². The van der Waals surface area contributed by atoms with Gasteiger partial charge in [-0.05, 0) is 12.5 Å². The molecule has 1 saturated heterocycles. The van der Waals surface area contributed by atoms with Crippen LogP contribution in [-0.2, 0) is 11.3 Å². The summed E-state index contributed by atoms with van der Waals surface area (Å²) < 4.78 is 10.9. The van der Waals surface area contributed by atoms with Gasteiger partial charge in [-0.2, -0.15) is 0 Å². The van der Waals surface area contributed by atoms with Crippen LogP contribution in [0.25, 0.3) is 0 Å². The van der Waals surface area contributed by atoms with Crippen LogP contribution >= 0.6 is 0 Å². The van der Waals surface area contributed by atoms with Gasteiger partial charge in [0.25, 0.3) is 0 Å². The Bertz CT molecular complexity index is 383. The van der Waals surface area contributed by atoms with E-state index in [0.717, 1.165) is 6.54 Å². The van der Waals surface area contributed by atoms with Gasteiger partial charge in [0.1, 0.15) is 0 Å². The average Bonchev–Trinajstić information content (AvgIpc) is 2.87. The molecule has 0 spiro atoms. The standard InChI is InChI=1S/C12H22N4O3/c1-9(2)5-13-6-11-14-15-12(19-11)16-3-4-18-8-10(16)7-17/h9-10,13,17H,3-8H2,1-2H3. The number of aliphatic hydroxyl groups is 1. The van der Waals surface area contributed by atoms with E-state index in [4.69, 9.17) is 9.15 Å². The van der Waals surface area contributed by atoms with Gasteiger partial charge in [0.05, 0.1) is 32.4 Å². The van der Waals surface area contributed by atoms with Crippen molar-refractivity contribution in [2.24, 2.45) is 5.92 Å². The third-order valence-corrected chi connectivity index (χ3v) is 2.97. The van der Waals surface area contributed by atoms with Crippen molar-refractivity contribution in [3.63, 3.8) is 0 Å². The van der Waals surface area contributed by atoms with Crippen molar-refractivity contribution in [2.45, 2.75) is 26.4 Å². The summed E-state index contributed by atoms with van der Waals surface area (Å²) in [6.45, 7) is 7.54. The maximum atomic E-state index is 9.31. The van der Waals surface area contributed by atoms with Gasteiger partial charge < -0.3 is 24.5 Å². The van der Waals surface area contributed by atoms with Crippen LogP contribution in [0, 0.1) is 5.92 Å². The highest BCUT2D eigenvalue weighted by molar-refractivity contribution is 5.27. The monoisotopic (exact) mass is 270 g/mol. The Labute approximate surface area is 112 Å². The summed E-state index contributed by atoms with van der Waals surface area (Å²) in [6.07, 6.45) is 0. The van der Waals surface area contributed by atoms with E-state index in [9.17, 15) is 5.11 Å². The Hall–Kier alpha value is -1.18. The van der Waals surface area contributed by atoms with Crippen LogP contribution in [0.3, 0.4) is 0 Å². The number of morpholine rings is 1. The van der Waals surface area contributed by atoms with Gasteiger partial charge in [-0.15, -0.1) is 5.10 Å². The third-order valence-electron chi connectivity index (χ3n) is 2.97. The molecular formula is C12H22N4O3. The zero-order valence-corrected chi connectivity index (χ0v) is 11.5. The maximum absolute atomic E-state index is 9.31. The number of nitrogens with zero attached hydrogens (tertiary/aromatic N) is 3. The summed E-state index contributed by atoms with van der Waals surface area (Å²) in [5, 5.41) is 20.6. The predicted molar refractivity (Wildman–Crippen MR) is 69.9 cm³/mol. The van der Waals surface area contributed by atoms with E-state index in [-0.39, 0.29) is 12.6 Å². The first-order chi connectivity index (χ1) is 9.20. The zero-order chi connectivity index (χ0) is 13.7. The molecule has 0 aromatic carbocycles. The van der Waals surface area contributed by atoms with E-state index in [0.29, 0.717) is 44.1 Å². The number of anilines is 1. The number of ether oxygens (including phenoxy) is 1. The molecule has 1 unspecified atom stereocenters. The lowest BCUT2D eigenvalue weighted by atomic mass is 10.2. The topological polar surface area (TPSA) is 83.7 Å². The average molecular weight is 270 g/mol. The number of hydrogen-bond acceptors (Lipinski definition) is 7. The van der Waals surface area contributed by atoms with Crippen molar-refractivity contribution in [3.8, 4) is 0 Å². The molecule has 7 heteroatoms. The molecule has 1 fully saturated rings. The van der Waals surface area contributed by atoms with Crippen molar-refractivity contribution < 1.29 is 14.3 Å². The Morgan fingerprint density at radius 2 is 2.32 bits per heavy atom. The molecule has 2 rings (SSSR count). The third kappa shape index (κ3) is 3.89. The SMILES string of the molecule is CC(C)CNCc1nnc(N2CCOCC2CO)o1. The first-order valence-electron chi connectivity index (χ1n) is 6.69. The molecule has 0 bridgehead atoms. The largest absolute Gasteiger partial charge is 0.407 e. The predicted octanol–water partition coefficient (Wildman–Crippen LogP) is 0.0127. The van der Waals surface area contributed by atoms with Gasteiger partial charge in [-0.3, -0.25) is 0 Å². The number of hydrogen-bond donors (Lipinski definition) is 2. The number of aliphatic hydroxyl groups excluding tert-OH is 1. The summed E-state index contributed by atoms with van der Waals surface area (Å²) in [7, 11) is 0. The minimum absolute atomic E-state index is 0.0172. The van der Waals surface area contributed by atoms with Gasteiger partial charge in [0.2, 0.25) is 5.89 Å². The molecule has 1 aliphatic heterocycles. The van der Waals surface area contributed by atoms with E-state index < -0.39 is 0 Å². The Morgan fingerprint density at radius 3 is 3.05 bits per heavy atom. The number of aromatic nitrogens is 2. The van der Waals surface area contributed by atoms with Gasteiger partial charge >= 0.3 is 6.01 Å². The second kappa shape index (κ2) is 6.83. The molecular weight excluding hydrogens is 248 g/mol. The van der Waals surface area contributed by atoms with Gasteiger partial charge in [-0.1, -0.05) is 18.9 Å². The molecule has 2 heterocycles. The minimum Gasteiger partial charge on any atom is -0.407 e. The first kappa shape index (κ1) is 14.2. The van der Waals surface area contributed by atoms with Crippen LogP contribution in [-0.4, -0.2) is 54.3 Å². The number of nitrogens with one attached hydrogen (secondary N) is 1. The molecule has 7 nitrogen and oxygen atoms in total. The Balaban J connectivity index is 1.91. The highest BCUT2D eigenvalue weighted by Gasteiger charge is 2.26. The summed E-state index contributed by atoms with van der Waals surface area (Å²) in [4.78, 5) is 1.91. The van der Waals surface area contributed by atoms with E-state index in [1.165, 1.54) is 0 Å². The lowest BCUT2D eigenvalue weighted by molar-refractivity contribution is 0.0697. The molecule has 0 aliphatic carbocycles. The molecule has 1 aromatic heterocycles. The summed E-state index contributed by atoms with van der Waals surface area (Å²) >= 11 is 0. The van der Waals surface area contributed by atoms with Crippen LogP contribution in [0.4, 0.5) is 6.01 Å². The lowest BCUT2D eigenvalue weighted by Gasteiger charge is -2.32. The summed E-state index contributed by atoms with van der Waals surface area (Å²) in [6, 6.07) is 0.356. The van der Waals surface area contributed by atoms with Crippen molar-refractivity contribution in [3.05, 3.63) is 5.89 Å². The van der Waals surface area contributed by atoms with Crippen molar-refractivity contribution in [1.82, 2.24) is 15.5 Å². The summed E-state index contributed by atoms with van der Waals surface area (Å²) in [5.41, 5.74) is 0. The van der Waals surface area contributed by atoms with Crippen LogP contribution in [0.15, 0.2) is 4.42 Å².